The highest BCUT2D eigenvalue weighted by molar-refractivity contribution is 5.95. The van der Waals surface area contributed by atoms with Crippen molar-refractivity contribution < 1.29 is 9.21 Å². The maximum absolute atomic E-state index is 11.1. The molecule has 0 fully saturated rings. The Labute approximate surface area is 70.2 Å². The molecule has 0 bridgehead atoms. The van der Waals surface area contributed by atoms with Gasteiger partial charge in [-0.05, 0) is 0 Å². The van der Waals surface area contributed by atoms with E-state index in [-0.39, 0.29) is 5.91 Å². The molecule has 1 aliphatic rings. The molecular weight excluding hydrogens is 156 g/mol. The van der Waals surface area contributed by atoms with Gasteiger partial charge >= 0.3 is 0 Å². The average molecular weight is 166 g/mol. The lowest BCUT2D eigenvalue weighted by molar-refractivity contribution is -0.116. The number of amides is 1. The Morgan fingerprint density at radius 1 is 1.67 bits per heavy atom. The van der Waals surface area contributed by atoms with Crippen LogP contribution in [0.25, 0.3) is 0 Å². The number of carbonyl (C=O) groups excluding carboxylic acids is 1. The van der Waals surface area contributed by atoms with Crippen LogP contribution in [-0.4, -0.2) is 19.0 Å². The highest BCUT2D eigenvalue weighted by Crippen LogP contribution is 2.29. The molecule has 0 aromatic carbocycles. The predicted octanol–water partition coefficient (Wildman–Crippen LogP) is 1.06. The summed E-state index contributed by atoms with van der Waals surface area (Å²) in [7, 11) is 0. The zero-order valence-corrected chi connectivity index (χ0v) is 6.83. The molecule has 0 saturated heterocycles. The molecule has 0 atom stereocenters. The van der Waals surface area contributed by atoms with Crippen LogP contribution in [-0.2, 0) is 4.79 Å². The van der Waals surface area contributed by atoms with E-state index in [2.05, 4.69) is 5.32 Å². The predicted molar refractivity (Wildman–Crippen MR) is 45.2 cm³/mol. The van der Waals surface area contributed by atoms with Crippen molar-refractivity contribution in [3.63, 3.8) is 0 Å². The van der Waals surface area contributed by atoms with Crippen LogP contribution in [0.1, 0.15) is 6.92 Å². The van der Waals surface area contributed by atoms with Gasteiger partial charge in [-0.1, -0.05) is 0 Å². The quantitative estimate of drug-likeness (QED) is 0.626. The van der Waals surface area contributed by atoms with Gasteiger partial charge in [-0.3, -0.25) is 4.79 Å². The number of nitrogens with zero attached hydrogens (tertiary/aromatic N) is 1. The van der Waals surface area contributed by atoms with Crippen molar-refractivity contribution in [2.24, 2.45) is 0 Å². The average Bonchev–Trinajstić information content (AvgIpc) is 2.49. The Balaban J connectivity index is 2.37. The fourth-order valence-electron chi connectivity index (χ4n) is 1.38. The zero-order chi connectivity index (χ0) is 8.55. The highest BCUT2D eigenvalue weighted by atomic mass is 16.3. The number of anilines is 2. The summed E-state index contributed by atoms with van der Waals surface area (Å²) in [6.45, 7) is 3.05. The lowest BCUT2D eigenvalue weighted by atomic mass is 10.3. The molecule has 12 heavy (non-hydrogen) atoms. The number of rotatable bonds is 0. The van der Waals surface area contributed by atoms with E-state index in [0.29, 0.717) is 6.54 Å². The Bertz CT molecular complexity index is 306. The summed E-state index contributed by atoms with van der Waals surface area (Å²) in [5.41, 5.74) is 1.74. The van der Waals surface area contributed by atoms with Gasteiger partial charge in [-0.25, -0.2) is 0 Å². The molecule has 1 aromatic heterocycles. The standard InChI is InChI=1S/C8H10N2O2/c1-6(11)10-3-2-9-7-4-12-5-8(7)10/h4-5,9H,2-3H2,1H3. The third-order valence-electron chi connectivity index (χ3n) is 1.96. The van der Waals surface area contributed by atoms with Crippen LogP contribution in [0.5, 0.6) is 0 Å². The maximum Gasteiger partial charge on any atom is 0.224 e. The van der Waals surface area contributed by atoms with E-state index in [9.17, 15) is 4.79 Å². The van der Waals surface area contributed by atoms with Crippen molar-refractivity contribution in [2.45, 2.75) is 6.92 Å². The van der Waals surface area contributed by atoms with Gasteiger partial charge in [0.2, 0.25) is 5.91 Å². The van der Waals surface area contributed by atoms with Gasteiger partial charge in [0.25, 0.3) is 0 Å². The molecule has 1 aromatic rings. The summed E-state index contributed by atoms with van der Waals surface area (Å²) < 4.78 is 4.99. The molecule has 4 nitrogen and oxygen atoms in total. The normalized spacial score (nSPS) is 15.2. The minimum Gasteiger partial charge on any atom is -0.468 e. The first-order valence-corrected chi connectivity index (χ1v) is 3.87. The molecule has 0 radical (unpaired) electrons. The van der Waals surface area contributed by atoms with Gasteiger partial charge in [0.05, 0.1) is 5.69 Å². The van der Waals surface area contributed by atoms with E-state index in [1.165, 1.54) is 0 Å². The summed E-state index contributed by atoms with van der Waals surface area (Å²) in [4.78, 5) is 12.8. The first kappa shape index (κ1) is 7.21. The summed E-state index contributed by atoms with van der Waals surface area (Å²) in [6.07, 6.45) is 3.20. The molecule has 1 amide bonds. The lowest BCUT2D eigenvalue weighted by Gasteiger charge is -2.25. The van der Waals surface area contributed by atoms with Crippen molar-refractivity contribution in [3.8, 4) is 0 Å². The molecule has 2 heterocycles. The van der Waals surface area contributed by atoms with Crippen molar-refractivity contribution in [3.05, 3.63) is 12.5 Å². The second-order valence-electron chi connectivity index (χ2n) is 2.77. The van der Waals surface area contributed by atoms with E-state index >= 15 is 0 Å². The third kappa shape index (κ3) is 0.958. The Morgan fingerprint density at radius 2 is 2.50 bits per heavy atom. The van der Waals surface area contributed by atoms with Gasteiger partial charge < -0.3 is 14.6 Å². The van der Waals surface area contributed by atoms with Gasteiger partial charge in [-0.2, -0.15) is 0 Å². The molecule has 0 spiro atoms. The number of hydrogen-bond donors (Lipinski definition) is 1. The minimum atomic E-state index is 0.0548. The van der Waals surface area contributed by atoms with Gasteiger partial charge in [-0.15, -0.1) is 0 Å². The smallest absolute Gasteiger partial charge is 0.224 e. The molecule has 2 rings (SSSR count). The summed E-state index contributed by atoms with van der Waals surface area (Å²) in [6, 6.07) is 0. The molecule has 64 valence electrons. The van der Waals surface area contributed by atoms with Crippen molar-refractivity contribution >= 4 is 17.3 Å². The molecule has 0 aliphatic carbocycles. The van der Waals surface area contributed by atoms with Crippen LogP contribution < -0.4 is 10.2 Å². The maximum atomic E-state index is 11.1. The lowest BCUT2D eigenvalue weighted by Crippen LogP contribution is -2.36. The second kappa shape index (κ2) is 2.55. The van der Waals surface area contributed by atoms with Gasteiger partial charge in [0, 0.05) is 20.0 Å². The third-order valence-corrected chi connectivity index (χ3v) is 1.96. The van der Waals surface area contributed by atoms with Crippen molar-refractivity contribution in [1.29, 1.82) is 0 Å². The first-order chi connectivity index (χ1) is 5.79. The van der Waals surface area contributed by atoms with E-state index < -0.39 is 0 Å². The summed E-state index contributed by atoms with van der Waals surface area (Å²) in [5.74, 6) is 0.0548. The van der Waals surface area contributed by atoms with Crippen LogP contribution in [0.2, 0.25) is 0 Å². The SMILES string of the molecule is CC(=O)N1CCNc2cocc21. The van der Waals surface area contributed by atoms with Crippen LogP contribution >= 0.6 is 0 Å². The van der Waals surface area contributed by atoms with Crippen LogP contribution in [0.3, 0.4) is 0 Å². The number of carbonyl (C=O) groups is 1. The molecule has 0 saturated carbocycles. The van der Waals surface area contributed by atoms with E-state index in [0.717, 1.165) is 17.9 Å². The Kier molecular flexibility index (Phi) is 1.53. The molecule has 0 unspecified atom stereocenters. The number of fused-ring (bicyclic) bond motifs is 1. The number of furan rings is 1. The van der Waals surface area contributed by atoms with Gasteiger partial charge in [0.15, 0.2) is 0 Å². The molecule has 4 heteroatoms. The van der Waals surface area contributed by atoms with Crippen LogP contribution in [0.4, 0.5) is 11.4 Å². The van der Waals surface area contributed by atoms with Crippen molar-refractivity contribution in [2.75, 3.05) is 23.3 Å². The van der Waals surface area contributed by atoms with E-state index in [4.69, 9.17) is 4.42 Å². The Morgan fingerprint density at radius 3 is 3.25 bits per heavy atom. The Hall–Kier alpha value is -1.45. The van der Waals surface area contributed by atoms with E-state index in [1.807, 2.05) is 0 Å². The summed E-state index contributed by atoms with van der Waals surface area (Å²) >= 11 is 0. The fourth-order valence-corrected chi connectivity index (χ4v) is 1.38. The molecule has 1 aliphatic heterocycles. The number of hydrogen-bond acceptors (Lipinski definition) is 3. The van der Waals surface area contributed by atoms with Crippen LogP contribution in [0, 0.1) is 0 Å². The minimum absolute atomic E-state index is 0.0548. The first-order valence-electron chi connectivity index (χ1n) is 3.87. The van der Waals surface area contributed by atoms with Crippen molar-refractivity contribution in [1.82, 2.24) is 0 Å². The summed E-state index contributed by atoms with van der Waals surface area (Å²) in [5, 5.41) is 3.14. The number of nitrogens with one attached hydrogen (secondary N) is 1. The largest absolute Gasteiger partial charge is 0.468 e. The van der Waals surface area contributed by atoms with E-state index in [1.54, 1.807) is 24.3 Å². The molecular formula is C8H10N2O2. The fraction of sp³-hybridized carbons (Fsp3) is 0.375. The monoisotopic (exact) mass is 166 g/mol. The zero-order valence-electron chi connectivity index (χ0n) is 6.83. The van der Waals surface area contributed by atoms with Crippen LogP contribution in [0.15, 0.2) is 16.9 Å². The molecule has 1 N–H and O–H groups in total. The topological polar surface area (TPSA) is 45.5 Å². The highest BCUT2D eigenvalue weighted by Gasteiger charge is 2.20. The van der Waals surface area contributed by atoms with Gasteiger partial charge in [0.1, 0.15) is 18.2 Å². The second-order valence-corrected chi connectivity index (χ2v) is 2.77.